The summed E-state index contributed by atoms with van der Waals surface area (Å²) in [5.74, 6) is -0.384. The van der Waals surface area contributed by atoms with Crippen LogP contribution in [0.5, 0.6) is 0 Å². The van der Waals surface area contributed by atoms with Gasteiger partial charge in [-0.25, -0.2) is 4.39 Å². The zero-order chi connectivity index (χ0) is 22.7. The third-order valence-electron chi connectivity index (χ3n) is 8.10. The molecule has 1 aliphatic carbocycles. The van der Waals surface area contributed by atoms with Gasteiger partial charge >= 0.3 is 0 Å². The maximum absolute atomic E-state index is 13.9. The predicted octanol–water partition coefficient (Wildman–Crippen LogP) is 1.92. The van der Waals surface area contributed by atoms with E-state index in [0.717, 1.165) is 31.2 Å². The van der Waals surface area contributed by atoms with E-state index in [-0.39, 0.29) is 24.0 Å². The zero-order valence-electron chi connectivity index (χ0n) is 18.7. The van der Waals surface area contributed by atoms with Gasteiger partial charge in [0.25, 0.3) is 0 Å². The molecule has 3 heterocycles. The molecule has 3 fully saturated rings. The summed E-state index contributed by atoms with van der Waals surface area (Å²) in [6.07, 6.45) is 4.01. The third-order valence-corrected chi connectivity index (χ3v) is 8.10. The number of hydrogen-bond acceptors (Lipinski definition) is 5. The number of amides is 2. The summed E-state index contributed by atoms with van der Waals surface area (Å²) < 4.78 is 19.7. The number of anilines is 1. The third kappa shape index (κ3) is 3.03. The first-order valence-electron chi connectivity index (χ1n) is 11.6. The Bertz CT molecular complexity index is 920. The molecule has 2 unspecified atom stereocenters. The smallest absolute Gasteiger partial charge is 0.241 e. The molecule has 8 heteroatoms. The molecule has 0 aromatic heterocycles. The number of rotatable bonds is 4. The largest absolute Gasteiger partial charge is 0.388 e. The number of benzene rings is 1. The number of alkyl halides is 1. The minimum absolute atomic E-state index is 0.134. The van der Waals surface area contributed by atoms with Crippen molar-refractivity contribution in [1.82, 2.24) is 10.6 Å². The number of carbonyl (C=O) groups is 2. The lowest BCUT2D eigenvalue weighted by Gasteiger charge is -2.49. The normalized spacial score (nSPS) is 33.4. The quantitative estimate of drug-likeness (QED) is 0.616. The van der Waals surface area contributed by atoms with Crippen molar-refractivity contribution in [3.63, 3.8) is 0 Å². The Morgan fingerprint density at radius 2 is 2.09 bits per heavy atom. The van der Waals surface area contributed by atoms with Crippen molar-refractivity contribution < 1.29 is 23.8 Å². The Balaban J connectivity index is 1.36. The molecular formula is C24H32FN3O4. The molecule has 3 aliphatic heterocycles. The molecule has 5 rings (SSSR count). The minimum Gasteiger partial charge on any atom is -0.388 e. The molecule has 1 saturated carbocycles. The number of ether oxygens (including phenoxy) is 1. The van der Waals surface area contributed by atoms with Gasteiger partial charge in [0.05, 0.1) is 41.5 Å². The maximum Gasteiger partial charge on any atom is 0.241 e. The number of carbonyl (C=O) groups excluding carboxylic acids is 2. The summed E-state index contributed by atoms with van der Waals surface area (Å²) in [6.45, 7) is 2.94. The lowest BCUT2D eigenvalue weighted by atomic mass is 9.57. The molecule has 2 saturated heterocycles. The molecule has 2 amide bonds. The molecule has 32 heavy (non-hydrogen) atoms. The van der Waals surface area contributed by atoms with Crippen LogP contribution < -0.4 is 15.5 Å². The first-order chi connectivity index (χ1) is 15.2. The van der Waals surface area contributed by atoms with Crippen molar-refractivity contribution in [2.24, 2.45) is 0 Å². The summed E-state index contributed by atoms with van der Waals surface area (Å²) in [6, 6.07) is 6.74. The van der Waals surface area contributed by atoms with Gasteiger partial charge in [-0.3, -0.25) is 19.8 Å². The van der Waals surface area contributed by atoms with Gasteiger partial charge in [-0.1, -0.05) is 18.2 Å². The van der Waals surface area contributed by atoms with Crippen molar-refractivity contribution in [2.75, 3.05) is 18.3 Å². The fourth-order valence-corrected chi connectivity index (χ4v) is 6.30. The molecule has 4 aliphatic rings. The molecule has 2 spiro atoms. The van der Waals surface area contributed by atoms with E-state index in [2.05, 4.69) is 10.6 Å². The van der Waals surface area contributed by atoms with Crippen LogP contribution in [0, 0.1) is 0 Å². The summed E-state index contributed by atoms with van der Waals surface area (Å²) >= 11 is 0. The van der Waals surface area contributed by atoms with Gasteiger partial charge in [0.1, 0.15) is 0 Å². The number of aliphatic hydroxyl groups is 1. The second-order valence-electron chi connectivity index (χ2n) is 10.4. The molecule has 7 nitrogen and oxygen atoms in total. The van der Waals surface area contributed by atoms with Crippen molar-refractivity contribution in [2.45, 2.75) is 87.1 Å². The summed E-state index contributed by atoms with van der Waals surface area (Å²) in [5, 5.41) is 16.7. The van der Waals surface area contributed by atoms with E-state index in [9.17, 15) is 19.1 Å². The van der Waals surface area contributed by atoms with E-state index in [1.54, 1.807) is 19.9 Å². The highest BCUT2D eigenvalue weighted by Gasteiger charge is 2.70. The second kappa shape index (κ2) is 7.50. The summed E-state index contributed by atoms with van der Waals surface area (Å²) in [5.41, 5.74) is -0.887. The van der Waals surface area contributed by atoms with Crippen LogP contribution in [-0.2, 0) is 19.7 Å². The van der Waals surface area contributed by atoms with E-state index in [1.165, 1.54) is 4.90 Å². The van der Waals surface area contributed by atoms with Crippen LogP contribution in [0.15, 0.2) is 24.3 Å². The first-order valence-corrected chi connectivity index (χ1v) is 11.6. The fourth-order valence-electron chi connectivity index (χ4n) is 6.30. The van der Waals surface area contributed by atoms with Crippen molar-refractivity contribution in [3.8, 4) is 0 Å². The van der Waals surface area contributed by atoms with Crippen molar-refractivity contribution >= 4 is 17.5 Å². The van der Waals surface area contributed by atoms with Gasteiger partial charge in [0, 0.05) is 5.54 Å². The highest BCUT2D eigenvalue weighted by atomic mass is 19.1. The number of halogens is 1. The Kier molecular flexibility index (Phi) is 5.11. The monoisotopic (exact) mass is 445 g/mol. The number of para-hydroxylation sites is 1. The minimum atomic E-state index is -0.913. The van der Waals surface area contributed by atoms with Gasteiger partial charge in [0.2, 0.25) is 11.8 Å². The van der Waals surface area contributed by atoms with Crippen LogP contribution in [0.1, 0.15) is 57.9 Å². The molecule has 1 aromatic rings. The summed E-state index contributed by atoms with van der Waals surface area (Å²) in [4.78, 5) is 28.1. The van der Waals surface area contributed by atoms with Gasteiger partial charge in [0.15, 0.2) is 6.80 Å². The lowest BCUT2D eigenvalue weighted by Crippen LogP contribution is -2.63. The van der Waals surface area contributed by atoms with Crippen LogP contribution in [0.25, 0.3) is 0 Å². The predicted molar refractivity (Wildman–Crippen MR) is 117 cm³/mol. The Labute approximate surface area is 187 Å². The SMILES string of the molecule is CC(C)(O)[C@@H]1CC[C@@H](NC(=O)C2CC3(C(=O)N(CF)c4ccccc43)C3(CCC3)N2)CO1. The number of nitrogens with zero attached hydrogens (tertiary/aromatic N) is 1. The average Bonchev–Trinajstić information content (AvgIpc) is 3.23. The van der Waals surface area contributed by atoms with Crippen LogP contribution in [-0.4, -0.2) is 59.7 Å². The maximum atomic E-state index is 13.9. The number of hydrogen-bond donors (Lipinski definition) is 3. The molecule has 1 aromatic carbocycles. The van der Waals surface area contributed by atoms with Gasteiger partial charge < -0.3 is 15.2 Å². The van der Waals surface area contributed by atoms with Gasteiger partial charge in [-0.05, 0) is 64.0 Å². The van der Waals surface area contributed by atoms with Crippen LogP contribution in [0.4, 0.5) is 10.1 Å². The Hall–Kier alpha value is -2.03. The molecule has 0 radical (unpaired) electrons. The van der Waals surface area contributed by atoms with E-state index >= 15 is 0 Å². The standard InChI is InChI=1S/C24H32FN3O4/c1-22(2,31)19-9-8-15(13-32-19)26-20(29)17-12-24(23(27-17)10-5-11-23)16-6-3-4-7-18(16)28(14-25)21(24)30/h3-4,6-7,15,17,19,27,31H,5,8-14H2,1-2H3,(H,26,29)/t15-,17?,19+,24?/m1/s1. The van der Waals surface area contributed by atoms with Gasteiger partial charge in [-0.15, -0.1) is 0 Å². The lowest BCUT2D eigenvalue weighted by molar-refractivity contribution is -0.131. The molecule has 3 N–H and O–H groups in total. The first kappa shape index (κ1) is 21.8. The van der Waals surface area contributed by atoms with Crippen LogP contribution in [0.2, 0.25) is 0 Å². The molecular weight excluding hydrogens is 413 g/mol. The van der Waals surface area contributed by atoms with E-state index in [1.807, 2.05) is 18.2 Å². The van der Waals surface area contributed by atoms with Crippen LogP contribution in [0.3, 0.4) is 0 Å². The average molecular weight is 446 g/mol. The Morgan fingerprint density at radius 3 is 2.69 bits per heavy atom. The topological polar surface area (TPSA) is 90.9 Å². The van der Waals surface area contributed by atoms with E-state index in [0.29, 0.717) is 25.1 Å². The van der Waals surface area contributed by atoms with Crippen LogP contribution >= 0.6 is 0 Å². The second-order valence-corrected chi connectivity index (χ2v) is 10.4. The van der Waals surface area contributed by atoms with Crippen molar-refractivity contribution in [3.05, 3.63) is 29.8 Å². The zero-order valence-corrected chi connectivity index (χ0v) is 18.7. The van der Waals surface area contributed by atoms with E-state index < -0.39 is 29.4 Å². The molecule has 0 bridgehead atoms. The Morgan fingerprint density at radius 1 is 1.34 bits per heavy atom. The number of fused-ring (bicyclic) bond motifs is 3. The van der Waals surface area contributed by atoms with Crippen molar-refractivity contribution in [1.29, 1.82) is 0 Å². The molecule has 174 valence electrons. The highest BCUT2D eigenvalue weighted by Crippen LogP contribution is 2.60. The van der Waals surface area contributed by atoms with Gasteiger partial charge in [-0.2, -0.15) is 0 Å². The van der Waals surface area contributed by atoms with E-state index in [4.69, 9.17) is 4.74 Å². The summed E-state index contributed by atoms with van der Waals surface area (Å²) in [7, 11) is 0. The fraction of sp³-hybridized carbons (Fsp3) is 0.667. The molecule has 4 atom stereocenters. The number of nitrogens with one attached hydrogen (secondary N) is 2. The highest BCUT2D eigenvalue weighted by molar-refractivity contribution is 6.10.